The van der Waals surface area contributed by atoms with Crippen LogP contribution in [0.1, 0.15) is 67.9 Å². The highest BCUT2D eigenvalue weighted by Crippen LogP contribution is 2.32. The van der Waals surface area contributed by atoms with E-state index in [0.29, 0.717) is 12.6 Å². The number of aromatic nitrogens is 4. The lowest BCUT2D eigenvalue weighted by Crippen LogP contribution is -2.29. The molecule has 6 heteroatoms. The van der Waals surface area contributed by atoms with E-state index in [1.165, 1.54) is 23.2 Å². The number of nitrogens with one attached hydrogen (secondary N) is 1. The van der Waals surface area contributed by atoms with Crippen LogP contribution >= 0.6 is 0 Å². The number of hydrogen-bond acceptors (Lipinski definition) is 4. The molecule has 25 heavy (non-hydrogen) atoms. The second-order valence-electron chi connectivity index (χ2n) is 8.05. The topological polar surface area (TPSA) is 67.9 Å². The van der Waals surface area contributed by atoms with Crippen LogP contribution < -0.4 is 5.32 Å². The van der Waals surface area contributed by atoms with Gasteiger partial charge >= 0.3 is 0 Å². The SMILES string of the molecule is Cc1nn(CCO)c(C)c1CN[C@H]1CCCc2c1cnn2C(C)(C)C. The number of rotatable bonds is 5. The zero-order valence-electron chi connectivity index (χ0n) is 16.1. The molecular formula is C19H31N5O. The second kappa shape index (κ2) is 6.92. The summed E-state index contributed by atoms with van der Waals surface area (Å²) in [6.07, 6.45) is 5.49. The fourth-order valence-electron chi connectivity index (χ4n) is 3.87. The molecule has 0 aliphatic heterocycles. The van der Waals surface area contributed by atoms with Crippen LogP contribution in [0.5, 0.6) is 0 Å². The van der Waals surface area contributed by atoms with Gasteiger partial charge in [0.25, 0.3) is 0 Å². The summed E-state index contributed by atoms with van der Waals surface area (Å²) in [5.41, 5.74) is 6.16. The van der Waals surface area contributed by atoms with E-state index in [-0.39, 0.29) is 12.1 Å². The molecule has 0 saturated carbocycles. The summed E-state index contributed by atoms with van der Waals surface area (Å²) in [6.45, 7) is 12.2. The molecule has 0 spiro atoms. The first-order valence-electron chi connectivity index (χ1n) is 9.27. The van der Waals surface area contributed by atoms with E-state index >= 15 is 0 Å². The largest absolute Gasteiger partial charge is 0.394 e. The number of nitrogens with zero attached hydrogens (tertiary/aromatic N) is 4. The van der Waals surface area contributed by atoms with Crippen molar-refractivity contribution < 1.29 is 5.11 Å². The van der Waals surface area contributed by atoms with Gasteiger partial charge in [-0.15, -0.1) is 0 Å². The van der Waals surface area contributed by atoms with Crippen molar-refractivity contribution in [3.63, 3.8) is 0 Å². The summed E-state index contributed by atoms with van der Waals surface area (Å²) in [5.74, 6) is 0. The van der Waals surface area contributed by atoms with Crippen molar-refractivity contribution in [1.82, 2.24) is 24.9 Å². The third-order valence-corrected chi connectivity index (χ3v) is 5.19. The van der Waals surface area contributed by atoms with Crippen LogP contribution in [0.25, 0.3) is 0 Å². The number of aliphatic hydroxyl groups is 1. The van der Waals surface area contributed by atoms with Crippen molar-refractivity contribution in [3.8, 4) is 0 Å². The smallest absolute Gasteiger partial charge is 0.0644 e. The Morgan fingerprint density at radius 3 is 2.76 bits per heavy atom. The van der Waals surface area contributed by atoms with E-state index in [9.17, 15) is 0 Å². The number of fused-ring (bicyclic) bond motifs is 1. The summed E-state index contributed by atoms with van der Waals surface area (Å²) in [4.78, 5) is 0. The molecule has 0 aromatic carbocycles. The lowest BCUT2D eigenvalue weighted by atomic mass is 9.92. The van der Waals surface area contributed by atoms with E-state index in [2.05, 4.69) is 47.9 Å². The summed E-state index contributed by atoms with van der Waals surface area (Å²) in [7, 11) is 0. The molecule has 3 rings (SSSR count). The number of aliphatic hydroxyl groups excluding tert-OH is 1. The maximum absolute atomic E-state index is 9.17. The Kier molecular flexibility index (Phi) is 5.02. The van der Waals surface area contributed by atoms with Gasteiger partial charge in [0.1, 0.15) is 0 Å². The fraction of sp³-hybridized carbons (Fsp3) is 0.684. The quantitative estimate of drug-likeness (QED) is 0.874. The second-order valence-corrected chi connectivity index (χ2v) is 8.05. The summed E-state index contributed by atoms with van der Waals surface area (Å²) >= 11 is 0. The molecule has 0 radical (unpaired) electrons. The lowest BCUT2D eigenvalue weighted by molar-refractivity contribution is 0.267. The molecule has 138 valence electrons. The minimum absolute atomic E-state index is 0.0219. The highest BCUT2D eigenvalue weighted by Gasteiger charge is 2.28. The zero-order valence-corrected chi connectivity index (χ0v) is 16.1. The monoisotopic (exact) mass is 345 g/mol. The summed E-state index contributed by atoms with van der Waals surface area (Å²) in [5, 5.41) is 22.1. The molecule has 6 nitrogen and oxygen atoms in total. The van der Waals surface area contributed by atoms with Crippen LogP contribution in [0.2, 0.25) is 0 Å². The first kappa shape index (κ1) is 18.1. The van der Waals surface area contributed by atoms with Crippen molar-refractivity contribution in [1.29, 1.82) is 0 Å². The highest BCUT2D eigenvalue weighted by molar-refractivity contribution is 5.28. The summed E-state index contributed by atoms with van der Waals surface area (Å²) < 4.78 is 4.09. The molecule has 0 unspecified atom stereocenters. The number of aryl methyl sites for hydroxylation is 1. The van der Waals surface area contributed by atoms with Gasteiger partial charge < -0.3 is 10.4 Å². The van der Waals surface area contributed by atoms with E-state index in [1.54, 1.807) is 0 Å². The average molecular weight is 345 g/mol. The van der Waals surface area contributed by atoms with Crippen molar-refractivity contribution in [2.45, 2.75) is 78.6 Å². The third-order valence-electron chi connectivity index (χ3n) is 5.19. The van der Waals surface area contributed by atoms with Crippen LogP contribution in [0, 0.1) is 13.8 Å². The minimum atomic E-state index is 0.0219. The molecular weight excluding hydrogens is 314 g/mol. The van der Waals surface area contributed by atoms with Gasteiger partial charge in [0.05, 0.1) is 30.6 Å². The molecule has 2 N–H and O–H groups in total. The normalized spacial score (nSPS) is 17.8. The first-order valence-corrected chi connectivity index (χ1v) is 9.27. The van der Waals surface area contributed by atoms with Gasteiger partial charge in [-0.25, -0.2) is 0 Å². The van der Waals surface area contributed by atoms with Crippen LogP contribution in [-0.4, -0.2) is 31.3 Å². The van der Waals surface area contributed by atoms with Gasteiger partial charge in [0.15, 0.2) is 0 Å². The molecule has 0 bridgehead atoms. The first-order chi connectivity index (χ1) is 11.8. The van der Waals surface area contributed by atoms with Crippen molar-refractivity contribution in [3.05, 3.63) is 34.4 Å². The van der Waals surface area contributed by atoms with Gasteiger partial charge in [0, 0.05) is 35.1 Å². The molecule has 1 atom stereocenters. The van der Waals surface area contributed by atoms with Crippen molar-refractivity contribution >= 4 is 0 Å². The summed E-state index contributed by atoms with van der Waals surface area (Å²) in [6, 6.07) is 0.347. The Morgan fingerprint density at radius 1 is 1.32 bits per heavy atom. The Labute approximate surface area is 150 Å². The van der Waals surface area contributed by atoms with Crippen LogP contribution in [0.15, 0.2) is 6.20 Å². The molecule has 0 saturated heterocycles. The highest BCUT2D eigenvalue weighted by atomic mass is 16.3. The van der Waals surface area contributed by atoms with Crippen LogP contribution in [-0.2, 0) is 25.0 Å². The predicted molar refractivity (Wildman–Crippen MR) is 98.5 cm³/mol. The van der Waals surface area contributed by atoms with E-state index in [4.69, 9.17) is 5.11 Å². The van der Waals surface area contributed by atoms with E-state index < -0.39 is 0 Å². The maximum Gasteiger partial charge on any atom is 0.0644 e. The average Bonchev–Trinajstić information content (AvgIpc) is 3.09. The standard InChI is InChI=1S/C19H31N5O/c1-13-15(14(2)23(22-13)9-10-25)11-20-17-7-6-8-18-16(17)12-21-24(18)19(3,4)5/h12,17,20,25H,6-11H2,1-5H3/t17-/m0/s1. The predicted octanol–water partition coefficient (Wildman–Crippen LogP) is 2.61. The molecule has 1 aliphatic rings. The van der Waals surface area contributed by atoms with Gasteiger partial charge in [-0.3, -0.25) is 9.36 Å². The molecule has 1 aliphatic carbocycles. The maximum atomic E-state index is 9.17. The number of hydrogen-bond donors (Lipinski definition) is 2. The zero-order chi connectivity index (χ0) is 18.2. The Hall–Kier alpha value is -1.66. The molecule has 2 aromatic rings. The lowest BCUT2D eigenvalue weighted by Gasteiger charge is -2.28. The molecule has 2 heterocycles. The van der Waals surface area contributed by atoms with Crippen LogP contribution in [0.3, 0.4) is 0 Å². The van der Waals surface area contributed by atoms with Gasteiger partial charge in [0.2, 0.25) is 0 Å². The Morgan fingerprint density at radius 2 is 2.08 bits per heavy atom. The molecule has 0 amide bonds. The van der Waals surface area contributed by atoms with Gasteiger partial charge in [-0.2, -0.15) is 10.2 Å². The third kappa shape index (κ3) is 3.51. The van der Waals surface area contributed by atoms with Crippen LogP contribution in [0.4, 0.5) is 0 Å². The Balaban J connectivity index is 1.77. The van der Waals surface area contributed by atoms with Crippen molar-refractivity contribution in [2.24, 2.45) is 0 Å². The van der Waals surface area contributed by atoms with Crippen molar-refractivity contribution in [2.75, 3.05) is 6.61 Å². The molecule has 0 fully saturated rings. The van der Waals surface area contributed by atoms with Gasteiger partial charge in [-0.05, 0) is 53.9 Å². The van der Waals surface area contributed by atoms with E-state index in [0.717, 1.165) is 30.8 Å². The van der Waals surface area contributed by atoms with E-state index in [1.807, 2.05) is 17.8 Å². The minimum Gasteiger partial charge on any atom is -0.394 e. The van der Waals surface area contributed by atoms with Gasteiger partial charge in [-0.1, -0.05) is 0 Å². The Bertz CT molecular complexity index is 738. The molecule has 2 aromatic heterocycles. The fourth-order valence-corrected chi connectivity index (χ4v) is 3.87.